The Morgan fingerprint density at radius 3 is 2.59 bits per heavy atom. The SMILES string of the molecule is CNC(C)c1nnc(N(CC(C)C)C2CC2)o1. The standard InChI is InChI=1S/C12H22N4O/c1-8(2)7-16(10-5-6-10)12-15-14-11(17-12)9(3)13-4/h8-10,13H,5-7H2,1-4H3. The number of hydrogen-bond donors (Lipinski definition) is 1. The molecule has 1 aromatic rings. The first kappa shape index (κ1) is 12.4. The van der Waals surface area contributed by atoms with Gasteiger partial charge in [-0.05, 0) is 32.7 Å². The summed E-state index contributed by atoms with van der Waals surface area (Å²) in [4.78, 5) is 2.25. The van der Waals surface area contributed by atoms with Crippen LogP contribution in [0, 0.1) is 5.92 Å². The minimum atomic E-state index is 0.108. The van der Waals surface area contributed by atoms with E-state index in [1.807, 2.05) is 14.0 Å². The van der Waals surface area contributed by atoms with Crippen molar-refractivity contribution in [2.45, 2.75) is 45.7 Å². The monoisotopic (exact) mass is 238 g/mol. The summed E-state index contributed by atoms with van der Waals surface area (Å²) in [5, 5.41) is 11.4. The summed E-state index contributed by atoms with van der Waals surface area (Å²) in [6, 6.07) is 1.39. The summed E-state index contributed by atoms with van der Waals surface area (Å²) in [5.41, 5.74) is 0. The second-order valence-corrected chi connectivity index (χ2v) is 5.21. The van der Waals surface area contributed by atoms with Gasteiger partial charge in [0.05, 0.1) is 6.04 Å². The largest absolute Gasteiger partial charge is 0.406 e. The molecule has 5 heteroatoms. The predicted octanol–water partition coefficient (Wildman–Crippen LogP) is 1.97. The average molecular weight is 238 g/mol. The molecule has 0 radical (unpaired) electrons. The molecule has 5 nitrogen and oxygen atoms in total. The van der Waals surface area contributed by atoms with Gasteiger partial charge in [0.1, 0.15) is 0 Å². The molecule has 1 atom stereocenters. The molecule has 1 saturated carbocycles. The zero-order chi connectivity index (χ0) is 12.4. The second-order valence-electron chi connectivity index (χ2n) is 5.21. The zero-order valence-electron chi connectivity index (χ0n) is 11.1. The van der Waals surface area contributed by atoms with E-state index in [4.69, 9.17) is 4.42 Å². The molecule has 1 aromatic heterocycles. The first-order chi connectivity index (χ1) is 8.11. The van der Waals surface area contributed by atoms with Crippen LogP contribution < -0.4 is 10.2 Å². The van der Waals surface area contributed by atoms with Crippen molar-refractivity contribution < 1.29 is 4.42 Å². The van der Waals surface area contributed by atoms with Crippen LogP contribution in [0.1, 0.15) is 45.5 Å². The molecule has 1 fully saturated rings. The van der Waals surface area contributed by atoms with Crippen LogP contribution in [0.4, 0.5) is 6.01 Å². The maximum absolute atomic E-state index is 5.74. The van der Waals surface area contributed by atoms with Crippen molar-refractivity contribution >= 4 is 6.01 Å². The van der Waals surface area contributed by atoms with Crippen molar-refractivity contribution in [2.24, 2.45) is 5.92 Å². The fourth-order valence-corrected chi connectivity index (χ4v) is 1.80. The van der Waals surface area contributed by atoms with E-state index >= 15 is 0 Å². The molecule has 0 spiro atoms. The van der Waals surface area contributed by atoms with Gasteiger partial charge in [-0.3, -0.25) is 0 Å². The first-order valence-electron chi connectivity index (χ1n) is 6.39. The van der Waals surface area contributed by atoms with E-state index < -0.39 is 0 Å². The van der Waals surface area contributed by atoms with Gasteiger partial charge in [0.2, 0.25) is 5.89 Å². The van der Waals surface area contributed by atoms with E-state index in [0.717, 1.165) is 6.54 Å². The number of anilines is 1. The molecule has 2 rings (SSSR count). The fraction of sp³-hybridized carbons (Fsp3) is 0.833. The lowest BCUT2D eigenvalue weighted by Gasteiger charge is -2.21. The Balaban J connectivity index is 2.10. The molecule has 1 N–H and O–H groups in total. The molecule has 96 valence electrons. The third-order valence-electron chi connectivity index (χ3n) is 3.03. The summed E-state index contributed by atoms with van der Waals surface area (Å²) in [6.07, 6.45) is 2.48. The van der Waals surface area contributed by atoms with Crippen LogP contribution in [0.25, 0.3) is 0 Å². The summed E-state index contributed by atoms with van der Waals surface area (Å²) < 4.78 is 5.74. The number of nitrogens with one attached hydrogen (secondary N) is 1. The van der Waals surface area contributed by atoms with Crippen LogP contribution in [0.5, 0.6) is 0 Å². The number of aromatic nitrogens is 2. The first-order valence-corrected chi connectivity index (χ1v) is 6.39. The van der Waals surface area contributed by atoms with Gasteiger partial charge in [-0.25, -0.2) is 0 Å². The molecule has 1 aliphatic rings. The molecule has 1 heterocycles. The van der Waals surface area contributed by atoms with E-state index in [1.54, 1.807) is 0 Å². The van der Waals surface area contributed by atoms with Gasteiger partial charge in [0.15, 0.2) is 0 Å². The molecule has 0 aromatic carbocycles. The van der Waals surface area contributed by atoms with Crippen molar-refractivity contribution in [1.29, 1.82) is 0 Å². The van der Waals surface area contributed by atoms with Gasteiger partial charge >= 0.3 is 6.01 Å². The molecule has 1 unspecified atom stereocenters. The lowest BCUT2D eigenvalue weighted by molar-refractivity contribution is 0.423. The van der Waals surface area contributed by atoms with Gasteiger partial charge in [-0.1, -0.05) is 18.9 Å². The quantitative estimate of drug-likeness (QED) is 0.821. The van der Waals surface area contributed by atoms with E-state index in [2.05, 4.69) is 34.3 Å². The molecular formula is C12H22N4O. The average Bonchev–Trinajstić information content (AvgIpc) is 3.02. The highest BCUT2D eigenvalue weighted by Gasteiger charge is 2.33. The van der Waals surface area contributed by atoms with E-state index in [1.165, 1.54) is 12.8 Å². The van der Waals surface area contributed by atoms with E-state index in [0.29, 0.717) is 23.9 Å². The molecular weight excluding hydrogens is 216 g/mol. The maximum Gasteiger partial charge on any atom is 0.318 e. The topological polar surface area (TPSA) is 54.2 Å². The van der Waals surface area contributed by atoms with Gasteiger partial charge in [-0.2, -0.15) is 0 Å². The summed E-state index contributed by atoms with van der Waals surface area (Å²) in [6.45, 7) is 7.42. The van der Waals surface area contributed by atoms with Crippen molar-refractivity contribution in [3.8, 4) is 0 Å². The van der Waals surface area contributed by atoms with E-state index in [9.17, 15) is 0 Å². The van der Waals surface area contributed by atoms with Crippen LogP contribution >= 0.6 is 0 Å². The Morgan fingerprint density at radius 1 is 1.35 bits per heavy atom. The van der Waals surface area contributed by atoms with Gasteiger partial charge in [-0.15, -0.1) is 5.10 Å². The van der Waals surface area contributed by atoms with Crippen LogP contribution in [0.15, 0.2) is 4.42 Å². The van der Waals surface area contributed by atoms with Crippen molar-refractivity contribution in [3.05, 3.63) is 5.89 Å². The lowest BCUT2D eigenvalue weighted by atomic mass is 10.2. The summed E-state index contributed by atoms with van der Waals surface area (Å²) in [5.74, 6) is 1.27. The number of hydrogen-bond acceptors (Lipinski definition) is 5. The Kier molecular flexibility index (Phi) is 3.66. The Morgan fingerprint density at radius 2 is 2.06 bits per heavy atom. The van der Waals surface area contributed by atoms with Crippen LogP contribution in [0.3, 0.4) is 0 Å². The highest BCUT2D eigenvalue weighted by atomic mass is 16.4. The van der Waals surface area contributed by atoms with Crippen molar-refractivity contribution in [3.63, 3.8) is 0 Å². The predicted molar refractivity (Wildman–Crippen MR) is 67.0 cm³/mol. The zero-order valence-corrected chi connectivity index (χ0v) is 11.1. The third-order valence-corrected chi connectivity index (χ3v) is 3.03. The van der Waals surface area contributed by atoms with Gasteiger partial charge in [0, 0.05) is 12.6 Å². The molecule has 1 aliphatic carbocycles. The normalized spacial score (nSPS) is 17.5. The molecule has 0 aliphatic heterocycles. The smallest absolute Gasteiger partial charge is 0.318 e. The number of rotatable bonds is 6. The van der Waals surface area contributed by atoms with E-state index in [-0.39, 0.29) is 6.04 Å². The Bertz CT molecular complexity index is 359. The molecule has 0 amide bonds. The summed E-state index contributed by atoms with van der Waals surface area (Å²) in [7, 11) is 1.89. The Hall–Kier alpha value is -1.10. The fourth-order valence-electron chi connectivity index (χ4n) is 1.80. The van der Waals surface area contributed by atoms with Gasteiger partial charge < -0.3 is 14.6 Å². The Labute approximate surface area is 103 Å². The molecule has 17 heavy (non-hydrogen) atoms. The van der Waals surface area contributed by atoms with Gasteiger partial charge in [0.25, 0.3) is 0 Å². The second kappa shape index (κ2) is 5.04. The van der Waals surface area contributed by atoms with Crippen LogP contribution in [-0.4, -0.2) is 29.8 Å². The maximum atomic E-state index is 5.74. The lowest BCUT2D eigenvalue weighted by Crippen LogP contribution is -2.30. The van der Waals surface area contributed by atoms with Crippen molar-refractivity contribution in [1.82, 2.24) is 15.5 Å². The minimum Gasteiger partial charge on any atom is -0.406 e. The van der Waals surface area contributed by atoms with Crippen LogP contribution in [-0.2, 0) is 0 Å². The highest BCUT2D eigenvalue weighted by Crippen LogP contribution is 2.32. The third kappa shape index (κ3) is 2.97. The molecule has 0 saturated heterocycles. The number of nitrogens with zero attached hydrogens (tertiary/aromatic N) is 3. The van der Waals surface area contributed by atoms with Crippen LogP contribution in [0.2, 0.25) is 0 Å². The summed E-state index contributed by atoms with van der Waals surface area (Å²) >= 11 is 0. The minimum absolute atomic E-state index is 0.108. The highest BCUT2D eigenvalue weighted by molar-refractivity contribution is 5.29. The van der Waals surface area contributed by atoms with Crippen molar-refractivity contribution in [2.75, 3.05) is 18.5 Å². The molecule has 0 bridgehead atoms.